The number of sulfonamides is 1. The monoisotopic (exact) mass is 425 g/mol. The number of hydrogen-bond donors (Lipinski definition) is 2. The number of nitrogens with zero attached hydrogens (tertiary/aromatic N) is 1. The number of hydrogen-bond acceptors (Lipinski definition) is 5. The number of carbonyl (C=O) groups is 1. The third-order valence-corrected chi connectivity index (χ3v) is 5.97. The van der Waals surface area contributed by atoms with Crippen LogP contribution in [0, 0.1) is 13.8 Å². The smallest absolute Gasteiger partial charge is 0.265 e. The first-order valence-corrected chi connectivity index (χ1v) is 10.8. The molecule has 1 aromatic heterocycles. The summed E-state index contributed by atoms with van der Waals surface area (Å²) in [5.41, 5.74) is 2.90. The van der Waals surface area contributed by atoms with E-state index < -0.39 is 16.1 Å². The van der Waals surface area contributed by atoms with Gasteiger partial charge in [-0.05, 0) is 74.4 Å². The van der Waals surface area contributed by atoms with E-state index in [-0.39, 0.29) is 10.8 Å². The molecule has 30 heavy (non-hydrogen) atoms. The van der Waals surface area contributed by atoms with Crippen molar-refractivity contribution >= 4 is 27.3 Å². The van der Waals surface area contributed by atoms with Gasteiger partial charge < -0.3 is 10.1 Å². The number of aromatic nitrogens is 1. The van der Waals surface area contributed by atoms with Gasteiger partial charge in [0.15, 0.2) is 6.10 Å². The van der Waals surface area contributed by atoms with Crippen molar-refractivity contribution in [2.45, 2.75) is 31.8 Å². The quantitative estimate of drug-likeness (QED) is 0.598. The maximum atomic E-state index is 12.5. The summed E-state index contributed by atoms with van der Waals surface area (Å²) < 4.78 is 33.2. The summed E-state index contributed by atoms with van der Waals surface area (Å²) in [6.45, 7) is 5.58. The third kappa shape index (κ3) is 5.15. The minimum atomic E-state index is -3.75. The second-order valence-electron chi connectivity index (χ2n) is 6.82. The number of amides is 1. The first-order valence-electron chi connectivity index (χ1n) is 9.33. The van der Waals surface area contributed by atoms with Crippen LogP contribution in [-0.2, 0) is 14.8 Å². The lowest BCUT2D eigenvalue weighted by Gasteiger charge is -2.17. The van der Waals surface area contributed by atoms with Crippen LogP contribution < -0.4 is 14.8 Å². The maximum Gasteiger partial charge on any atom is 0.265 e. The standard InChI is InChI=1S/C22H23N3O4S/c1-15-6-4-8-21(16(15)2)29-17(3)22(26)24-18-9-11-20(12-10-18)30(27,28)25-19-7-5-13-23-14-19/h4-14,17,25H,1-3H3,(H,24,26)/t17-/m0/s1. The summed E-state index contributed by atoms with van der Waals surface area (Å²) in [5.74, 6) is 0.320. The molecule has 0 bridgehead atoms. The second-order valence-corrected chi connectivity index (χ2v) is 8.50. The van der Waals surface area contributed by atoms with Crippen molar-refractivity contribution in [1.29, 1.82) is 0 Å². The summed E-state index contributed by atoms with van der Waals surface area (Å²) >= 11 is 0. The molecule has 2 N–H and O–H groups in total. The molecule has 0 fully saturated rings. The Morgan fingerprint density at radius 3 is 2.40 bits per heavy atom. The van der Waals surface area contributed by atoms with Gasteiger partial charge in [0.2, 0.25) is 0 Å². The lowest BCUT2D eigenvalue weighted by molar-refractivity contribution is -0.122. The Balaban J connectivity index is 1.64. The SMILES string of the molecule is Cc1cccc(O[C@@H](C)C(=O)Nc2ccc(S(=O)(=O)Nc3cccnc3)cc2)c1C. The summed E-state index contributed by atoms with van der Waals surface area (Å²) in [6.07, 6.45) is 2.25. The van der Waals surface area contributed by atoms with Crippen molar-refractivity contribution in [3.05, 3.63) is 78.1 Å². The van der Waals surface area contributed by atoms with Crippen molar-refractivity contribution in [1.82, 2.24) is 4.98 Å². The van der Waals surface area contributed by atoms with Crippen molar-refractivity contribution in [2.75, 3.05) is 10.0 Å². The van der Waals surface area contributed by atoms with Crippen LogP contribution in [0.25, 0.3) is 0 Å². The highest BCUT2D eigenvalue weighted by atomic mass is 32.2. The molecule has 3 aromatic rings. The first kappa shape index (κ1) is 21.3. The predicted molar refractivity (Wildman–Crippen MR) is 116 cm³/mol. The highest BCUT2D eigenvalue weighted by Gasteiger charge is 2.18. The number of ether oxygens (including phenoxy) is 1. The molecule has 156 valence electrons. The van der Waals surface area contributed by atoms with E-state index in [1.165, 1.54) is 30.5 Å². The lowest BCUT2D eigenvalue weighted by Crippen LogP contribution is -2.30. The molecule has 1 atom stereocenters. The predicted octanol–water partition coefficient (Wildman–Crippen LogP) is 3.91. The van der Waals surface area contributed by atoms with E-state index in [9.17, 15) is 13.2 Å². The van der Waals surface area contributed by atoms with Crippen LogP contribution in [0.5, 0.6) is 5.75 Å². The Bertz CT molecular complexity index is 1130. The molecule has 0 saturated heterocycles. The van der Waals surface area contributed by atoms with Crippen LogP contribution in [0.1, 0.15) is 18.1 Å². The highest BCUT2D eigenvalue weighted by molar-refractivity contribution is 7.92. The highest BCUT2D eigenvalue weighted by Crippen LogP contribution is 2.22. The number of rotatable bonds is 7. The average Bonchev–Trinajstić information content (AvgIpc) is 2.72. The van der Waals surface area contributed by atoms with Gasteiger partial charge in [-0.25, -0.2) is 8.42 Å². The van der Waals surface area contributed by atoms with Crippen molar-refractivity contribution in [3.8, 4) is 5.75 Å². The maximum absolute atomic E-state index is 12.5. The Morgan fingerprint density at radius 1 is 1.00 bits per heavy atom. The molecule has 1 amide bonds. The molecule has 3 rings (SSSR count). The fourth-order valence-electron chi connectivity index (χ4n) is 2.69. The van der Waals surface area contributed by atoms with E-state index in [4.69, 9.17) is 4.74 Å². The van der Waals surface area contributed by atoms with Gasteiger partial charge in [0.25, 0.3) is 15.9 Å². The molecule has 0 spiro atoms. The normalized spacial score (nSPS) is 12.1. The molecule has 1 heterocycles. The molecular formula is C22H23N3O4S. The summed E-state index contributed by atoms with van der Waals surface area (Å²) in [6, 6.07) is 14.8. The minimum Gasteiger partial charge on any atom is -0.481 e. The zero-order valence-electron chi connectivity index (χ0n) is 16.9. The molecule has 2 aromatic carbocycles. The average molecular weight is 426 g/mol. The van der Waals surface area contributed by atoms with Crippen molar-refractivity contribution in [3.63, 3.8) is 0 Å². The van der Waals surface area contributed by atoms with Crippen LogP contribution in [0.2, 0.25) is 0 Å². The zero-order chi connectivity index (χ0) is 21.7. The largest absolute Gasteiger partial charge is 0.481 e. The number of carbonyl (C=O) groups excluding carboxylic acids is 1. The van der Waals surface area contributed by atoms with Gasteiger partial charge in [-0.15, -0.1) is 0 Å². The van der Waals surface area contributed by atoms with Crippen LogP contribution in [0.4, 0.5) is 11.4 Å². The van der Waals surface area contributed by atoms with Crippen LogP contribution >= 0.6 is 0 Å². The van der Waals surface area contributed by atoms with Gasteiger partial charge in [-0.2, -0.15) is 0 Å². The summed E-state index contributed by atoms with van der Waals surface area (Å²) in [4.78, 5) is 16.4. The number of aryl methyl sites for hydroxylation is 1. The molecule has 0 aliphatic carbocycles. The van der Waals surface area contributed by atoms with E-state index in [1.54, 1.807) is 25.3 Å². The fraction of sp³-hybridized carbons (Fsp3) is 0.182. The molecule has 7 nitrogen and oxygen atoms in total. The van der Waals surface area contributed by atoms with Gasteiger partial charge in [-0.3, -0.25) is 14.5 Å². The minimum absolute atomic E-state index is 0.0732. The molecule has 8 heteroatoms. The second kappa shape index (κ2) is 8.96. The number of anilines is 2. The summed E-state index contributed by atoms with van der Waals surface area (Å²) in [7, 11) is -3.75. The fourth-order valence-corrected chi connectivity index (χ4v) is 3.74. The first-order chi connectivity index (χ1) is 14.3. The molecule has 0 unspecified atom stereocenters. The van der Waals surface area contributed by atoms with Gasteiger partial charge in [0.05, 0.1) is 16.8 Å². The zero-order valence-corrected chi connectivity index (χ0v) is 17.7. The van der Waals surface area contributed by atoms with Gasteiger partial charge in [0.1, 0.15) is 5.75 Å². The van der Waals surface area contributed by atoms with E-state index >= 15 is 0 Å². The Hall–Kier alpha value is -3.39. The topological polar surface area (TPSA) is 97.4 Å². The number of nitrogens with one attached hydrogen (secondary N) is 2. The Morgan fingerprint density at radius 2 is 1.73 bits per heavy atom. The van der Waals surface area contributed by atoms with Crippen molar-refractivity contribution in [2.24, 2.45) is 0 Å². The van der Waals surface area contributed by atoms with E-state index in [0.29, 0.717) is 17.1 Å². The molecular weight excluding hydrogens is 402 g/mol. The van der Waals surface area contributed by atoms with Crippen LogP contribution in [0.15, 0.2) is 71.9 Å². The number of pyridine rings is 1. The molecule has 0 radical (unpaired) electrons. The van der Waals surface area contributed by atoms with Crippen molar-refractivity contribution < 1.29 is 17.9 Å². The summed E-state index contributed by atoms with van der Waals surface area (Å²) in [5, 5.41) is 2.74. The van der Waals surface area contributed by atoms with Crippen LogP contribution in [0.3, 0.4) is 0 Å². The van der Waals surface area contributed by atoms with E-state index in [0.717, 1.165) is 11.1 Å². The third-order valence-electron chi connectivity index (χ3n) is 4.57. The van der Waals surface area contributed by atoms with E-state index in [2.05, 4.69) is 15.0 Å². The van der Waals surface area contributed by atoms with Gasteiger partial charge in [-0.1, -0.05) is 12.1 Å². The van der Waals surface area contributed by atoms with Gasteiger partial charge >= 0.3 is 0 Å². The molecule has 0 aliphatic heterocycles. The Kier molecular flexibility index (Phi) is 6.37. The number of benzene rings is 2. The lowest BCUT2D eigenvalue weighted by atomic mass is 10.1. The van der Waals surface area contributed by atoms with Crippen LogP contribution in [-0.4, -0.2) is 25.4 Å². The molecule has 0 saturated carbocycles. The Labute approximate surface area is 176 Å². The van der Waals surface area contributed by atoms with Gasteiger partial charge in [0, 0.05) is 11.9 Å². The van der Waals surface area contributed by atoms with E-state index in [1.807, 2.05) is 32.0 Å². The molecule has 0 aliphatic rings.